The first-order valence-electron chi connectivity index (χ1n) is 4.76. The first kappa shape index (κ1) is 10.4. The molecule has 2 aromatic rings. The van der Waals surface area contributed by atoms with Crippen LogP contribution in [0.4, 0.5) is 0 Å². The van der Waals surface area contributed by atoms with E-state index >= 15 is 0 Å². The van der Waals surface area contributed by atoms with E-state index in [1.54, 1.807) is 11.4 Å². The van der Waals surface area contributed by atoms with E-state index in [1.165, 1.54) is 13.4 Å². The number of carbonyl (C=O) groups excluding carboxylic acids is 1. The second kappa shape index (κ2) is 4.14. The SMILES string of the molecule is COC(=C(C)C=O)c1ncnn2cccc12. The molecule has 0 aliphatic rings. The van der Waals surface area contributed by atoms with Crippen LogP contribution in [0.3, 0.4) is 0 Å². The van der Waals surface area contributed by atoms with Crippen molar-refractivity contribution in [2.75, 3.05) is 7.11 Å². The molecule has 0 aliphatic heterocycles. The lowest BCUT2D eigenvalue weighted by Crippen LogP contribution is -2.01. The normalized spacial score (nSPS) is 12.4. The number of hydrogen-bond donors (Lipinski definition) is 0. The number of fused-ring (bicyclic) bond motifs is 1. The standard InChI is InChI=1S/C11H11N3O2/c1-8(6-15)11(16-2)10-9-4-3-5-14(9)13-7-12-10/h3-7H,1-2H3. The minimum absolute atomic E-state index is 0.473. The highest BCUT2D eigenvalue weighted by molar-refractivity contribution is 5.87. The Kier molecular flexibility index (Phi) is 2.68. The van der Waals surface area contributed by atoms with Crippen LogP contribution >= 0.6 is 0 Å². The Hall–Kier alpha value is -2.17. The Labute approximate surface area is 92.4 Å². The maximum atomic E-state index is 10.8. The van der Waals surface area contributed by atoms with Crippen LogP contribution in [0.2, 0.25) is 0 Å². The topological polar surface area (TPSA) is 56.5 Å². The summed E-state index contributed by atoms with van der Waals surface area (Å²) in [4.78, 5) is 14.9. The van der Waals surface area contributed by atoms with Crippen LogP contribution in [-0.4, -0.2) is 28.0 Å². The van der Waals surface area contributed by atoms with Gasteiger partial charge in [-0.15, -0.1) is 0 Å². The maximum absolute atomic E-state index is 10.8. The Morgan fingerprint density at radius 1 is 1.56 bits per heavy atom. The Bertz CT molecular complexity index is 557. The summed E-state index contributed by atoms with van der Waals surface area (Å²) >= 11 is 0. The van der Waals surface area contributed by atoms with Gasteiger partial charge in [0.2, 0.25) is 0 Å². The molecule has 0 bridgehead atoms. The van der Waals surface area contributed by atoms with E-state index < -0.39 is 0 Å². The predicted molar refractivity (Wildman–Crippen MR) is 58.7 cm³/mol. The van der Waals surface area contributed by atoms with Crippen molar-refractivity contribution in [1.29, 1.82) is 0 Å². The number of methoxy groups -OCH3 is 1. The van der Waals surface area contributed by atoms with E-state index in [0.29, 0.717) is 17.0 Å². The average Bonchev–Trinajstić information content (AvgIpc) is 2.78. The molecular formula is C11H11N3O2. The van der Waals surface area contributed by atoms with E-state index in [-0.39, 0.29) is 0 Å². The highest BCUT2D eigenvalue weighted by Gasteiger charge is 2.12. The quantitative estimate of drug-likeness (QED) is 0.442. The van der Waals surface area contributed by atoms with Crippen molar-refractivity contribution in [2.45, 2.75) is 6.92 Å². The van der Waals surface area contributed by atoms with Crippen LogP contribution in [0.1, 0.15) is 12.6 Å². The van der Waals surface area contributed by atoms with Crippen LogP contribution in [0.25, 0.3) is 11.3 Å². The molecule has 0 saturated carbocycles. The Morgan fingerprint density at radius 3 is 3.06 bits per heavy atom. The molecule has 0 amide bonds. The third-order valence-corrected chi connectivity index (χ3v) is 2.29. The van der Waals surface area contributed by atoms with Gasteiger partial charge in [-0.25, -0.2) is 9.50 Å². The average molecular weight is 217 g/mol. The van der Waals surface area contributed by atoms with Crippen LogP contribution in [0, 0.1) is 0 Å². The second-order valence-corrected chi connectivity index (χ2v) is 3.28. The van der Waals surface area contributed by atoms with Gasteiger partial charge in [0, 0.05) is 11.8 Å². The van der Waals surface area contributed by atoms with E-state index in [0.717, 1.165) is 11.8 Å². The van der Waals surface area contributed by atoms with E-state index in [4.69, 9.17) is 4.74 Å². The van der Waals surface area contributed by atoms with Gasteiger partial charge in [-0.05, 0) is 19.1 Å². The van der Waals surface area contributed by atoms with Crippen LogP contribution in [0.5, 0.6) is 0 Å². The molecular weight excluding hydrogens is 206 g/mol. The van der Waals surface area contributed by atoms with Gasteiger partial charge in [0.1, 0.15) is 18.3 Å². The fourth-order valence-corrected chi connectivity index (χ4v) is 1.54. The molecule has 0 aromatic carbocycles. The fraction of sp³-hybridized carbons (Fsp3) is 0.182. The number of hydrogen-bond acceptors (Lipinski definition) is 4. The van der Waals surface area contributed by atoms with Crippen molar-refractivity contribution in [3.63, 3.8) is 0 Å². The van der Waals surface area contributed by atoms with Crippen LogP contribution in [-0.2, 0) is 9.53 Å². The molecule has 0 unspecified atom stereocenters. The number of carbonyl (C=O) groups is 1. The highest BCUT2D eigenvalue weighted by atomic mass is 16.5. The fourth-order valence-electron chi connectivity index (χ4n) is 1.54. The smallest absolute Gasteiger partial charge is 0.152 e. The van der Waals surface area contributed by atoms with Crippen molar-refractivity contribution < 1.29 is 9.53 Å². The lowest BCUT2D eigenvalue weighted by Gasteiger charge is -2.08. The summed E-state index contributed by atoms with van der Waals surface area (Å²) in [6.45, 7) is 1.69. The molecule has 5 nitrogen and oxygen atoms in total. The summed E-state index contributed by atoms with van der Waals surface area (Å²) in [6, 6.07) is 3.73. The first-order chi connectivity index (χ1) is 7.77. The molecule has 2 aromatic heterocycles. The van der Waals surface area contributed by atoms with Gasteiger partial charge in [-0.3, -0.25) is 4.79 Å². The Morgan fingerprint density at radius 2 is 2.38 bits per heavy atom. The van der Waals surface area contributed by atoms with Crippen molar-refractivity contribution in [3.05, 3.63) is 35.9 Å². The zero-order chi connectivity index (χ0) is 11.5. The molecule has 5 heteroatoms. The number of rotatable bonds is 3. The van der Waals surface area contributed by atoms with Crippen molar-refractivity contribution in [1.82, 2.24) is 14.6 Å². The van der Waals surface area contributed by atoms with Gasteiger partial charge < -0.3 is 4.74 Å². The van der Waals surface area contributed by atoms with Gasteiger partial charge in [-0.2, -0.15) is 5.10 Å². The minimum atomic E-state index is 0.473. The number of nitrogens with zero attached hydrogens (tertiary/aromatic N) is 3. The highest BCUT2D eigenvalue weighted by Crippen LogP contribution is 2.20. The number of ether oxygens (including phenoxy) is 1. The number of aromatic nitrogens is 3. The molecule has 2 heterocycles. The Balaban J connectivity index is 2.70. The molecule has 0 spiro atoms. The summed E-state index contributed by atoms with van der Waals surface area (Å²) in [5, 5.41) is 4.04. The van der Waals surface area contributed by atoms with Gasteiger partial charge in [0.25, 0.3) is 0 Å². The molecule has 0 aliphatic carbocycles. The lowest BCUT2D eigenvalue weighted by molar-refractivity contribution is -0.104. The van der Waals surface area contributed by atoms with E-state index in [9.17, 15) is 4.79 Å². The number of allylic oxidation sites excluding steroid dienone is 1. The van der Waals surface area contributed by atoms with E-state index in [1.807, 2.05) is 18.3 Å². The summed E-state index contributed by atoms with van der Waals surface area (Å²) in [5.41, 5.74) is 1.93. The van der Waals surface area contributed by atoms with Crippen molar-refractivity contribution in [3.8, 4) is 0 Å². The third kappa shape index (κ3) is 1.56. The molecule has 0 fully saturated rings. The van der Waals surface area contributed by atoms with Gasteiger partial charge >= 0.3 is 0 Å². The first-order valence-corrected chi connectivity index (χ1v) is 4.76. The van der Waals surface area contributed by atoms with Gasteiger partial charge in [-0.1, -0.05) is 0 Å². The second-order valence-electron chi connectivity index (χ2n) is 3.28. The van der Waals surface area contributed by atoms with Gasteiger partial charge in [0.15, 0.2) is 5.76 Å². The van der Waals surface area contributed by atoms with Crippen LogP contribution < -0.4 is 0 Å². The van der Waals surface area contributed by atoms with Crippen LogP contribution in [0.15, 0.2) is 30.2 Å². The molecule has 2 rings (SSSR count). The zero-order valence-corrected chi connectivity index (χ0v) is 9.04. The van der Waals surface area contributed by atoms with Gasteiger partial charge in [0.05, 0.1) is 12.6 Å². The molecule has 16 heavy (non-hydrogen) atoms. The lowest BCUT2D eigenvalue weighted by atomic mass is 10.2. The summed E-state index contributed by atoms with van der Waals surface area (Å²) in [6.07, 6.45) is 3.99. The van der Waals surface area contributed by atoms with Crippen molar-refractivity contribution in [2.24, 2.45) is 0 Å². The number of aldehydes is 1. The largest absolute Gasteiger partial charge is 0.494 e. The molecule has 0 saturated heterocycles. The minimum Gasteiger partial charge on any atom is -0.494 e. The van der Waals surface area contributed by atoms with E-state index in [2.05, 4.69) is 10.1 Å². The summed E-state index contributed by atoms with van der Waals surface area (Å²) < 4.78 is 6.89. The predicted octanol–water partition coefficient (Wildman–Crippen LogP) is 1.31. The van der Waals surface area contributed by atoms with Crippen molar-refractivity contribution >= 4 is 17.6 Å². The molecule has 82 valence electrons. The zero-order valence-electron chi connectivity index (χ0n) is 9.04. The molecule has 0 atom stereocenters. The monoisotopic (exact) mass is 217 g/mol. The molecule has 0 N–H and O–H groups in total. The summed E-state index contributed by atoms with van der Waals surface area (Å²) in [7, 11) is 1.52. The maximum Gasteiger partial charge on any atom is 0.152 e. The summed E-state index contributed by atoms with van der Waals surface area (Å²) in [5.74, 6) is 0.473. The third-order valence-electron chi connectivity index (χ3n) is 2.29. The molecule has 0 radical (unpaired) electrons.